The fourth-order valence-corrected chi connectivity index (χ4v) is 2.52. The highest BCUT2D eigenvalue weighted by Gasteiger charge is 2.34. The second kappa shape index (κ2) is 5.18. The monoisotopic (exact) mass is 268 g/mol. The molecular formula is C11H12N2O4S. The van der Waals surface area contributed by atoms with Crippen LogP contribution in [0.5, 0.6) is 0 Å². The summed E-state index contributed by atoms with van der Waals surface area (Å²) in [4.78, 5) is 34.9. The van der Waals surface area contributed by atoms with Crippen LogP contribution in [-0.2, 0) is 20.8 Å². The maximum absolute atomic E-state index is 11.7. The van der Waals surface area contributed by atoms with Crippen molar-refractivity contribution in [1.29, 1.82) is 0 Å². The van der Waals surface area contributed by atoms with E-state index in [0.717, 1.165) is 4.88 Å². The Morgan fingerprint density at radius 2 is 1.94 bits per heavy atom. The van der Waals surface area contributed by atoms with Crippen LogP contribution in [0.2, 0.25) is 0 Å². The van der Waals surface area contributed by atoms with Crippen LogP contribution in [0.1, 0.15) is 11.3 Å². The van der Waals surface area contributed by atoms with Gasteiger partial charge in [-0.3, -0.25) is 14.4 Å². The Bertz CT molecular complexity index is 471. The van der Waals surface area contributed by atoms with Crippen LogP contribution in [0.4, 0.5) is 0 Å². The Morgan fingerprint density at radius 1 is 1.28 bits per heavy atom. The van der Waals surface area contributed by atoms with E-state index in [1.54, 1.807) is 0 Å². The van der Waals surface area contributed by atoms with Crippen LogP contribution < -0.4 is 10.6 Å². The third kappa shape index (κ3) is 2.86. The third-order valence-electron chi connectivity index (χ3n) is 2.63. The predicted molar refractivity (Wildman–Crippen MR) is 64.1 cm³/mol. The van der Waals surface area contributed by atoms with Crippen LogP contribution in [0.15, 0.2) is 17.5 Å². The highest BCUT2D eigenvalue weighted by Crippen LogP contribution is 2.13. The standard InChI is InChI=1S/C11H12N2O4S/c14-9(15)5-8-11(17)12-7(10(16)13-8)4-6-2-1-3-18-6/h1-3,7-8H,4-5H2,(H,12,17)(H,13,16)(H,14,15)/t7?,8-/m0/s1. The Morgan fingerprint density at radius 3 is 2.56 bits per heavy atom. The zero-order chi connectivity index (χ0) is 13.1. The van der Waals surface area contributed by atoms with Crippen molar-refractivity contribution in [1.82, 2.24) is 10.6 Å². The van der Waals surface area contributed by atoms with Gasteiger partial charge in [0, 0.05) is 11.3 Å². The summed E-state index contributed by atoms with van der Waals surface area (Å²) in [5, 5.41) is 15.5. The Labute approximate surface area is 107 Å². The van der Waals surface area contributed by atoms with E-state index in [1.807, 2.05) is 17.5 Å². The molecule has 3 N–H and O–H groups in total. The van der Waals surface area contributed by atoms with Crippen molar-refractivity contribution in [3.8, 4) is 0 Å². The summed E-state index contributed by atoms with van der Waals surface area (Å²) >= 11 is 1.51. The molecule has 7 heteroatoms. The summed E-state index contributed by atoms with van der Waals surface area (Å²) in [5.74, 6) is -1.90. The summed E-state index contributed by atoms with van der Waals surface area (Å²) in [6.45, 7) is 0. The molecule has 1 aromatic rings. The van der Waals surface area contributed by atoms with Gasteiger partial charge < -0.3 is 15.7 Å². The quantitative estimate of drug-likeness (QED) is 0.701. The van der Waals surface area contributed by atoms with Crippen molar-refractivity contribution in [2.24, 2.45) is 0 Å². The lowest BCUT2D eigenvalue weighted by molar-refractivity contribution is -0.143. The van der Waals surface area contributed by atoms with Gasteiger partial charge in [0.25, 0.3) is 0 Å². The molecule has 2 amide bonds. The maximum atomic E-state index is 11.7. The zero-order valence-electron chi connectivity index (χ0n) is 9.38. The number of nitrogens with one attached hydrogen (secondary N) is 2. The summed E-state index contributed by atoms with van der Waals surface area (Å²) in [6, 6.07) is 2.15. The van der Waals surface area contributed by atoms with Crippen LogP contribution in [0, 0.1) is 0 Å². The van der Waals surface area contributed by atoms with Gasteiger partial charge >= 0.3 is 5.97 Å². The van der Waals surface area contributed by atoms with Gasteiger partial charge in [-0.25, -0.2) is 0 Å². The molecule has 96 valence electrons. The molecule has 0 spiro atoms. The van der Waals surface area contributed by atoms with Gasteiger partial charge in [0.2, 0.25) is 11.8 Å². The minimum atomic E-state index is -1.12. The topological polar surface area (TPSA) is 95.5 Å². The molecule has 0 bridgehead atoms. The van der Waals surface area contributed by atoms with Crippen LogP contribution in [0.25, 0.3) is 0 Å². The van der Waals surface area contributed by atoms with Gasteiger partial charge in [-0.2, -0.15) is 0 Å². The molecule has 1 saturated heterocycles. The lowest BCUT2D eigenvalue weighted by Crippen LogP contribution is -2.62. The minimum absolute atomic E-state index is 0.339. The molecule has 1 unspecified atom stereocenters. The predicted octanol–water partition coefficient (Wildman–Crippen LogP) is -0.251. The number of piperazine rings is 1. The van der Waals surface area contributed by atoms with E-state index in [4.69, 9.17) is 5.11 Å². The van der Waals surface area contributed by atoms with E-state index in [0.29, 0.717) is 6.42 Å². The Balaban J connectivity index is 1.99. The molecule has 0 saturated carbocycles. The molecule has 6 nitrogen and oxygen atoms in total. The molecule has 2 rings (SSSR count). The second-order valence-corrected chi connectivity index (χ2v) is 5.04. The van der Waals surface area contributed by atoms with Crippen LogP contribution >= 0.6 is 11.3 Å². The minimum Gasteiger partial charge on any atom is -0.481 e. The molecular weight excluding hydrogens is 256 g/mol. The van der Waals surface area contributed by atoms with E-state index in [9.17, 15) is 14.4 Å². The van der Waals surface area contributed by atoms with Crippen molar-refractivity contribution < 1.29 is 19.5 Å². The summed E-state index contributed by atoms with van der Waals surface area (Å²) in [5.41, 5.74) is 0. The first kappa shape index (κ1) is 12.6. The van der Waals surface area contributed by atoms with Gasteiger partial charge in [0.05, 0.1) is 6.42 Å². The first-order valence-electron chi connectivity index (χ1n) is 5.41. The summed E-state index contributed by atoms with van der Waals surface area (Å²) in [7, 11) is 0. The SMILES string of the molecule is O=C(O)C[C@@H]1NC(=O)C(Cc2cccs2)NC1=O. The molecule has 1 fully saturated rings. The normalized spacial score (nSPS) is 23.3. The Hall–Kier alpha value is -1.89. The molecule has 1 aliphatic rings. The fraction of sp³-hybridized carbons (Fsp3) is 0.364. The molecule has 18 heavy (non-hydrogen) atoms. The number of aliphatic carboxylic acids is 1. The van der Waals surface area contributed by atoms with Crippen molar-refractivity contribution in [2.45, 2.75) is 24.9 Å². The molecule has 2 atom stereocenters. The average Bonchev–Trinajstić information content (AvgIpc) is 2.77. The number of hydrogen-bond donors (Lipinski definition) is 3. The van der Waals surface area contributed by atoms with Gasteiger partial charge in [-0.1, -0.05) is 6.07 Å². The number of carbonyl (C=O) groups excluding carboxylic acids is 2. The number of thiophene rings is 1. The molecule has 1 aromatic heterocycles. The van der Waals surface area contributed by atoms with Crippen molar-refractivity contribution in [2.75, 3.05) is 0 Å². The van der Waals surface area contributed by atoms with Gasteiger partial charge in [-0.15, -0.1) is 11.3 Å². The maximum Gasteiger partial charge on any atom is 0.305 e. The van der Waals surface area contributed by atoms with Crippen molar-refractivity contribution >= 4 is 29.1 Å². The third-order valence-corrected chi connectivity index (χ3v) is 3.53. The van der Waals surface area contributed by atoms with Crippen molar-refractivity contribution in [3.63, 3.8) is 0 Å². The molecule has 2 heterocycles. The molecule has 1 aliphatic heterocycles. The number of amides is 2. The number of carboxylic acid groups (broad SMARTS) is 1. The van der Waals surface area contributed by atoms with Gasteiger partial charge in [0.15, 0.2) is 0 Å². The molecule has 0 aromatic carbocycles. The van der Waals surface area contributed by atoms with Crippen molar-refractivity contribution in [3.05, 3.63) is 22.4 Å². The lowest BCUT2D eigenvalue weighted by atomic mass is 10.0. The zero-order valence-corrected chi connectivity index (χ0v) is 10.2. The van der Waals surface area contributed by atoms with Crippen LogP contribution in [0.3, 0.4) is 0 Å². The van der Waals surface area contributed by atoms with Gasteiger partial charge in [-0.05, 0) is 11.4 Å². The number of hydrogen-bond acceptors (Lipinski definition) is 4. The average molecular weight is 268 g/mol. The van der Waals surface area contributed by atoms with E-state index < -0.39 is 30.4 Å². The smallest absolute Gasteiger partial charge is 0.305 e. The molecule has 0 radical (unpaired) electrons. The summed E-state index contributed by atoms with van der Waals surface area (Å²) < 4.78 is 0. The number of carbonyl (C=O) groups is 3. The van der Waals surface area contributed by atoms with Gasteiger partial charge in [0.1, 0.15) is 12.1 Å². The second-order valence-electron chi connectivity index (χ2n) is 4.00. The highest BCUT2D eigenvalue weighted by atomic mass is 32.1. The largest absolute Gasteiger partial charge is 0.481 e. The highest BCUT2D eigenvalue weighted by molar-refractivity contribution is 7.09. The van der Waals surface area contributed by atoms with E-state index in [-0.39, 0.29) is 5.91 Å². The van der Waals surface area contributed by atoms with E-state index in [1.165, 1.54) is 11.3 Å². The summed E-state index contributed by atoms with van der Waals surface area (Å²) in [6.07, 6.45) is 0.0261. The molecule has 0 aliphatic carbocycles. The Kier molecular flexibility index (Phi) is 3.61. The fourth-order valence-electron chi connectivity index (χ4n) is 1.77. The first-order valence-corrected chi connectivity index (χ1v) is 6.29. The number of rotatable bonds is 4. The van der Waals surface area contributed by atoms with E-state index in [2.05, 4.69) is 10.6 Å². The number of carboxylic acids is 1. The van der Waals surface area contributed by atoms with Crippen LogP contribution in [-0.4, -0.2) is 35.0 Å². The lowest BCUT2D eigenvalue weighted by Gasteiger charge is -2.28. The first-order chi connectivity index (χ1) is 8.56. The van der Waals surface area contributed by atoms with E-state index >= 15 is 0 Å².